The first-order valence-corrected chi connectivity index (χ1v) is 7.93. The fourth-order valence-corrected chi connectivity index (χ4v) is 4.93. The number of aliphatic hydroxyl groups is 1. The molecule has 5 atom stereocenters. The summed E-state index contributed by atoms with van der Waals surface area (Å²) in [7, 11) is 0. The van der Waals surface area contributed by atoms with Crippen molar-refractivity contribution in [3.63, 3.8) is 0 Å². The zero-order valence-electron chi connectivity index (χ0n) is 11.8. The SMILES string of the molecule is OC1(c2ccccc2)[C@@H]2C=CCC[C@@H]2[C@@H]2CCC=C[C@H]21. The van der Waals surface area contributed by atoms with Crippen molar-refractivity contribution in [3.8, 4) is 0 Å². The summed E-state index contributed by atoms with van der Waals surface area (Å²) in [4.78, 5) is 0. The summed E-state index contributed by atoms with van der Waals surface area (Å²) in [5, 5.41) is 11.7. The van der Waals surface area contributed by atoms with Crippen LogP contribution in [0.3, 0.4) is 0 Å². The predicted molar refractivity (Wildman–Crippen MR) is 81.0 cm³/mol. The van der Waals surface area contributed by atoms with E-state index in [4.69, 9.17) is 0 Å². The van der Waals surface area contributed by atoms with Crippen molar-refractivity contribution in [3.05, 3.63) is 60.2 Å². The first-order valence-electron chi connectivity index (χ1n) is 7.93. The maximum absolute atomic E-state index is 11.7. The van der Waals surface area contributed by atoms with Crippen molar-refractivity contribution in [2.24, 2.45) is 23.7 Å². The van der Waals surface area contributed by atoms with E-state index in [2.05, 4.69) is 48.6 Å². The predicted octanol–water partition coefficient (Wildman–Crippen LogP) is 4.05. The van der Waals surface area contributed by atoms with E-state index in [1.54, 1.807) is 0 Å². The molecule has 20 heavy (non-hydrogen) atoms. The van der Waals surface area contributed by atoms with Gasteiger partial charge in [-0.1, -0.05) is 54.6 Å². The van der Waals surface area contributed by atoms with Gasteiger partial charge in [-0.25, -0.2) is 0 Å². The van der Waals surface area contributed by atoms with Gasteiger partial charge in [-0.2, -0.15) is 0 Å². The molecule has 0 amide bonds. The number of fused-ring (bicyclic) bond motifs is 3. The zero-order valence-corrected chi connectivity index (χ0v) is 11.8. The summed E-state index contributed by atoms with van der Waals surface area (Å²) in [6.45, 7) is 0. The molecule has 3 aliphatic rings. The number of allylic oxidation sites excluding steroid dienone is 2. The molecule has 0 aliphatic heterocycles. The summed E-state index contributed by atoms with van der Waals surface area (Å²) in [5.74, 6) is 1.88. The van der Waals surface area contributed by atoms with Gasteiger partial charge in [0, 0.05) is 11.8 Å². The van der Waals surface area contributed by atoms with Gasteiger partial charge in [0.25, 0.3) is 0 Å². The maximum atomic E-state index is 11.7. The Hall–Kier alpha value is -1.34. The van der Waals surface area contributed by atoms with Crippen LogP contribution in [-0.4, -0.2) is 5.11 Å². The Bertz CT molecular complexity index is 514. The quantitative estimate of drug-likeness (QED) is 0.760. The van der Waals surface area contributed by atoms with Crippen LogP contribution in [0.4, 0.5) is 0 Å². The minimum atomic E-state index is -0.704. The van der Waals surface area contributed by atoms with Crippen LogP contribution in [0.1, 0.15) is 31.2 Å². The number of hydrogen-bond acceptors (Lipinski definition) is 1. The monoisotopic (exact) mass is 266 g/mol. The molecular formula is C19H22O. The van der Waals surface area contributed by atoms with Crippen molar-refractivity contribution >= 4 is 0 Å². The van der Waals surface area contributed by atoms with Crippen molar-refractivity contribution in [1.29, 1.82) is 0 Å². The average molecular weight is 266 g/mol. The molecule has 0 aromatic heterocycles. The Kier molecular flexibility index (Phi) is 2.85. The van der Waals surface area contributed by atoms with Crippen LogP contribution in [0.25, 0.3) is 0 Å². The van der Waals surface area contributed by atoms with Crippen molar-refractivity contribution in [2.75, 3.05) is 0 Å². The van der Waals surface area contributed by atoms with Crippen LogP contribution in [0.15, 0.2) is 54.6 Å². The smallest absolute Gasteiger partial charge is 0.103 e. The van der Waals surface area contributed by atoms with E-state index in [1.165, 1.54) is 25.7 Å². The van der Waals surface area contributed by atoms with Crippen LogP contribution < -0.4 is 0 Å². The fourth-order valence-electron chi connectivity index (χ4n) is 4.93. The van der Waals surface area contributed by atoms with Gasteiger partial charge >= 0.3 is 0 Å². The molecule has 0 spiro atoms. The highest BCUT2D eigenvalue weighted by atomic mass is 16.3. The van der Waals surface area contributed by atoms with Gasteiger partial charge in [0.1, 0.15) is 5.60 Å². The van der Waals surface area contributed by atoms with Crippen molar-refractivity contribution < 1.29 is 5.11 Å². The average Bonchev–Trinajstić information content (AvgIpc) is 2.80. The Balaban J connectivity index is 1.86. The molecule has 3 aliphatic carbocycles. The first kappa shape index (κ1) is 12.4. The van der Waals surface area contributed by atoms with E-state index in [9.17, 15) is 5.11 Å². The molecule has 0 bridgehead atoms. The van der Waals surface area contributed by atoms with Crippen molar-refractivity contribution in [2.45, 2.75) is 31.3 Å². The highest BCUT2D eigenvalue weighted by molar-refractivity contribution is 5.33. The molecule has 0 saturated heterocycles. The van der Waals surface area contributed by atoms with Gasteiger partial charge in [-0.3, -0.25) is 0 Å². The Morgan fingerprint density at radius 2 is 1.40 bits per heavy atom. The molecule has 1 fully saturated rings. The molecule has 1 unspecified atom stereocenters. The molecule has 0 radical (unpaired) electrons. The first-order chi connectivity index (χ1) is 9.82. The summed E-state index contributed by atoms with van der Waals surface area (Å²) in [5.41, 5.74) is 0.394. The minimum Gasteiger partial charge on any atom is -0.384 e. The lowest BCUT2D eigenvalue weighted by molar-refractivity contribution is -0.0236. The lowest BCUT2D eigenvalue weighted by Gasteiger charge is -2.36. The van der Waals surface area contributed by atoms with E-state index in [1.807, 2.05) is 6.07 Å². The minimum absolute atomic E-state index is 0.288. The molecule has 1 aromatic carbocycles. The second kappa shape index (κ2) is 4.60. The zero-order chi connectivity index (χ0) is 13.6. The molecule has 1 N–H and O–H groups in total. The summed E-state index contributed by atoms with van der Waals surface area (Å²) < 4.78 is 0. The van der Waals surface area contributed by atoms with Gasteiger partial charge in [0.2, 0.25) is 0 Å². The lowest BCUT2D eigenvalue weighted by Crippen LogP contribution is -2.37. The van der Waals surface area contributed by atoms with Gasteiger partial charge in [0.05, 0.1) is 0 Å². The summed E-state index contributed by atoms with van der Waals surface area (Å²) >= 11 is 0. The van der Waals surface area contributed by atoms with Crippen LogP contribution in [0, 0.1) is 23.7 Å². The standard InChI is InChI=1S/C19H22O/c20-19(14-8-2-1-3-9-14)17-12-6-4-10-15(17)16-11-5-7-13-18(16)19/h1-3,6-9,12-13,15-18,20H,4-5,10-11H2/t15-,16+,17-,18-,19?/m1/s1. The Labute approximate surface area is 121 Å². The Morgan fingerprint density at radius 1 is 0.850 bits per heavy atom. The van der Waals surface area contributed by atoms with Gasteiger partial charge < -0.3 is 5.11 Å². The molecule has 4 rings (SSSR count). The summed E-state index contributed by atoms with van der Waals surface area (Å²) in [6, 6.07) is 10.3. The highest BCUT2D eigenvalue weighted by Crippen LogP contribution is 2.60. The molecule has 1 aromatic rings. The fraction of sp³-hybridized carbons (Fsp3) is 0.474. The van der Waals surface area contributed by atoms with Crippen LogP contribution in [0.5, 0.6) is 0 Å². The lowest BCUT2D eigenvalue weighted by atomic mass is 9.74. The van der Waals surface area contributed by atoms with Gasteiger partial charge in [0.15, 0.2) is 0 Å². The number of rotatable bonds is 1. The van der Waals surface area contributed by atoms with E-state index in [0.29, 0.717) is 11.8 Å². The molecule has 1 saturated carbocycles. The normalized spacial score (nSPS) is 42.2. The van der Waals surface area contributed by atoms with E-state index < -0.39 is 5.60 Å². The molecular weight excluding hydrogens is 244 g/mol. The highest BCUT2D eigenvalue weighted by Gasteiger charge is 2.58. The second-order valence-electron chi connectivity index (χ2n) is 6.58. The second-order valence-corrected chi connectivity index (χ2v) is 6.58. The van der Waals surface area contributed by atoms with Crippen LogP contribution in [0.2, 0.25) is 0 Å². The maximum Gasteiger partial charge on any atom is 0.103 e. The topological polar surface area (TPSA) is 20.2 Å². The largest absolute Gasteiger partial charge is 0.384 e. The molecule has 0 heterocycles. The van der Waals surface area contributed by atoms with E-state index in [-0.39, 0.29) is 11.8 Å². The van der Waals surface area contributed by atoms with Gasteiger partial charge in [-0.15, -0.1) is 0 Å². The van der Waals surface area contributed by atoms with E-state index >= 15 is 0 Å². The third kappa shape index (κ3) is 1.59. The van der Waals surface area contributed by atoms with Crippen LogP contribution in [-0.2, 0) is 5.60 Å². The van der Waals surface area contributed by atoms with Crippen LogP contribution >= 0.6 is 0 Å². The number of hydrogen-bond donors (Lipinski definition) is 1. The third-order valence-corrected chi connectivity index (χ3v) is 5.75. The van der Waals surface area contributed by atoms with Gasteiger partial charge in [-0.05, 0) is 43.1 Å². The van der Waals surface area contributed by atoms with E-state index in [0.717, 1.165) is 5.56 Å². The van der Waals surface area contributed by atoms with Crippen molar-refractivity contribution in [1.82, 2.24) is 0 Å². The number of benzene rings is 1. The molecule has 104 valence electrons. The molecule has 1 nitrogen and oxygen atoms in total. The Morgan fingerprint density at radius 3 is 1.95 bits per heavy atom. The third-order valence-electron chi connectivity index (χ3n) is 5.75. The summed E-state index contributed by atoms with van der Waals surface area (Å²) in [6.07, 6.45) is 14.0. The molecule has 1 heteroatoms.